The van der Waals surface area contributed by atoms with Crippen molar-refractivity contribution in [1.29, 1.82) is 0 Å². The Morgan fingerprint density at radius 3 is 2.50 bits per heavy atom. The second-order valence-electron chi connectivity index (χ2n) is 1.83. The van der Waals surface area contributed by atoms with Crippen molar-refractivity contribution in [2.75, 3.05) is 5.75 Å². The predicted molar refractivity (Wildman–Crippen MR) is 35.3 cm³/mol. The van der Waals surface area contributed by atoms with Gasteiger partial charge in [0.1, 0.15) is 0 Å². The second-order valence-corrected chi connectivity index (χ2v) is 2.86. The Morgan fingerprint density at radius 2 is 2.20 bits per heavy atom. The number of alkyl halides is 2. The molecule has 1 N–H and O–H groups in total. The van der Waals surface area contributed by atoms with Gasteiger partial charge in [0.2, 0.25) is 0 Å². The highest BCUT2D eigenvalue weighted by Gasteiger charge is 2.13. The number of rotatable bonds is 4. The van der Waals surface area contributed by atoms with E-state index in [1.54, 1.807) is 0 Å². The van der Waals surface area contributed by atoms with Gasteiger partial charge in [-0.25, -0.2) is 0 Å². The van der Waals surface area contributed by atoms with Crippen LogP contribution in [0.5, 0.6) is 0 Å². The third-order valence-electron chi connectivity index (χ3n) is 0.894. The van der Waals surface area contributed by atoms with Gasteiger partial charge >= 0.3 is 5.97 Å². The van der Waals surface area contributed by atoms with Gasteiger partial charge in [0, 0.05) is 5.75 Å². The van der Waals surface area contributed by atoms with Gasteiger partial charge in [-0.1, -0.05) is 18.7 Å². The molecule has 0 spiro atoms. The lowest BCUT2D eigenvalue weighted by molar-refractivity contribution is -0.140. The molecule has 0 aromatic carbocycles. The van der Waals surface area contributed by atoms with Crippen molar-refractivity contribution in [2.24, 2.45) is 5.92 Å². The maximum Gasteiger partial charge on any atom is 0.307 e. The quantitative estimate of drug-likeness (QED) is 0.697. The minimum Gasteiger partial charge on any atom is -0.481 e. The van der Waals surface area contributed by atoms with Gasteiger partial charge in [-0.3, -0.25) is 4.79 Å². The third-order valence-corrected chi connectivity index (χ3v) is 1.84. The fourth-order valence-corrected chi connectivity index (χ4v) is 0.865. The predicted octanol–water partition coefficient (Wildman–Crippen LogP) is 1.66. The van der Waals surface area contributed by atoms with Gasteiger partial charge in [-0.15, -0.1) is 0 Å². The van der Waals surface area contributed by atoms with Crippen LogP contribution in [0.15, 0.2) is 0 Å². The first-order chi connectivity index (χ1) is 4.54. The normalized spacial score (nSPS) is 13.6. The zero-order valence-corrected chi connectivity index (χ0v) is 6.20. The molecule has 1 atom stereocenters. The number of thioether (sulfide) groups is 1. The molecule has 5 heteroatoms. The summed E-state index contributed by atoms with van der Waals surface area (Å²) in [6.07, 6.45) is 0. The number of hydrogen-bond donors (Lipinski definition) is 1. The van der Waals surface area contributed by atoms with Crippen molar-refractivity contribution in [3.63, 3.8) is 0 Å². The summed E-state index contributed by atoms with van der Waals surface area (Å²) in [7, 11) is 0. The summed E-state index contributed by atoms with van der Waals surface area (Å²) >= 11 is 0.354. The molecule has 0 rings (SSSR count). The van der Waals surface area contributed by atoms with Gasteiger partial charge < -0.3 is 5.11 Å². The van der Waals surface area contributed by atoms with E-state index in [0.717, 1.165) is 0 Å². The SMILES string of the molecule is C[C@H](CSC(F)F)C(=O)O. The minimum atomic E-state index is -2.47. The topological polar surface area (TPSA) is 37.3 Å². The molecular weight excluding hydrogens is 162 g/mol. The molecule has 0 aliphatic heterocycles. The summed E-state index contributed by atoms with van der Waals surface area (Å²) in [6, 6.07) is 0. The highest BCUT2D eigenvalue weighted by atomic mass is 32.2. The Labute approximate surface area is 61.6 Å². The highest BCUT2D eigenvalue weighted by molar-refractivity contribution is 7.99. The maximum atomic E-state index is 11.4. The number of aliphatic carboxylic acids is 1. The Kier molecular flexibility index (Phi) is 4.34. The first-order valence-corrected chi connectivity index (χ1v) is 3.71. The molecule has 0 heterocycles. The van der Waals surface area contributed by atoms with Crippen molar-refractivity contribution in [3.8, 4) is 0 Å². The fourth-order valence-electron chi connectivity index (χ4n) is 0.288. The zero-order chi connectivity index (χ0) is 8.15. The Balaban J connectivity index is 3.40. The van der Waals surface area contributed by atoms with E-state index in [-0.39, 0.29) is 5.75 Å². The zero-order valence-electron chi connectivity index (χ0n) is 5.38. The molecule has 0 saturated carbocycles. The maximum absolute atomic E-state index is 11.4. The number of halogens is 2. The number of carboxylic acid groups (broad SMARTS) is 1. The molecule has 0 aromatic heterocycles. The molecule has 0 aliphatic carbocycles. The van der Waals surface area contributed by atoms with E-state index >= 15 is 0 Å². The molecule has 0 saturated heterocycles. The third kappa shape index (κ3) is 4.55. The summed E-state index contributed by atoms with van der Waals surface area (Å²) in [5.41, 5.74) is 0. The van der Waals surface area contributed by atoms with Crippen LogP contribution in [0.2, 0.25) is 0 Å². The largest absolute Gasteiger partial charge is 0.481 e. The van der Waals surface area contributed by atoms with E-state index in [1.807, 2.05) is 0 Å². The van der Waals surface area contributed by atoms with Crippen molar-refractivity contribution in [2.45, 2.75) is 12.7 Å². The number of hydrogen-bond acceptors (Lipinski definition) is 2. The summed E-state index contributed by atoms with van der Waals surface area (Å²) in [6.45, 7) is 1.40. The van der Waals surface area contributed by atoms with Crippen LogP contribution in [0.3, 0.4) is 0 Å². The summed E-state index contributed by atoms with van der Waals surface area (Å²) < 4.78 is 22.9. The average molecular weight is 170 g/mol. The molecular formula is C5H8F2O2S. The molecule has 0 unspecified atom stereocenters. The van der Waals surface area contributed by atoms with Crippen LogP contribution in [-0.4, -0.2) is 22.6 Å². The Hall–Kier alpha value is -0.320. The van der Waals surface area contributed by atoms with Crippen LogP contribution in [-0.2, 0) is 4.79 Å². The van der Waals surface area contributed by atoms with E-state index in [0.29, 0.717) is 11.8 Å². The molecule has 0 fully saturated rings. The molecule has 0 aromatic rings. The Morgan fingerprint density at radius 1 is 1.70 bits per heavy atom. The summed E-state index contributed by atoms with van der Waals surface area (Å²) in [4.78, 5) is 10.1. The highest BCUT2D eigenvalue weighted by Crippen LogP contribution is 2.16. The number of carbonyl (C=O) groups is 1. The van der Waals surface area contributed by atoms with Crippen LogP contribution in [0, 0.1) is 5.92 Å². The number of carboxylic acids is 1. The molecule has 0 aliphatic rings. The molecule has 2 nitrogen and oxygen atoms in total. The van der Waals surface area contributed by atoms with Crippen LogP contribution >= 0.6 is 11.8 Å². The molecule has 0 amide bonds. The van der Waals surface area contributed by atoms with Crippen LogP contribution in [0.1, 0.15) is 6.92 Å². The minimum absolute atomic E-state index is 0.0347. The van der Waals surface area contributed by atoms with Gasteiger partial charge in [-0.2, -0.15) is 8.78 Å². The second kappa shape index (κ2) is 4.49. The first kappa shape index (κ1) is 9.68. The molecule has 0 radical (unpaired) electrons. The van der Waals surface area contributed by atoms with Crippen LogP contribution in [0.4, 0.5) is 8.78 Å². The van der Waals surface area contributed by atoms with Gasteiger partial charge in [0.25, 0.3) is 5.76 Å². The van der Waals surface area contributed by atoms with Gasteiger partial charge in [0.15, 0.2) is 0 Å². The van der Waals surface area contributed by atoms with Crippen molar-refractivity contribution in [1.82, 2.24) is 0 Å². The Bertz CT molecular complexity index is 118. The summed E-state index contributed by atoms with van der Waals surface area (Å²) in [5.74, 6) is -4.23. The van der Waals surface area contributed by atoms with Gasteiger partial charge in [-0.05, 0) is 0 Å². The smallest absolute Gasteiger partial charge is 0.307 e. The van der Waals surface area contributed by atoms with E-state index in [2.05, 4.69) is 0 Å². The summed E-state index contributed by atoms with van der Waals surface area (Å²) in [5, 5.41) is 8.24. The van der Waals surface area contributed by atoms with Crippen molar-refractivity contribution >= 4 is 17.7 Å². The lowest BCUT2D eigenvalue weighted by atomic mass is 10.2. The van der Waals surface area contributed by atoms with Crippen molar-refractivity contribution in [3.05, 3.63) is 0 Å². The van der Waals surface area contributed by atoms with Crippen LogP contribution < -0.4 is 0 Å². The first-order valence-electron chi connectivity index (χ1n) is 2.66. The lowest BCUT2D eigenvalue weighted by Gasteiger charge is -2.03. The van der Waals surface area contributed by atoms with Crippen molar-refractivity contribution < 1.29 is 18.7 Å². The standard InChI is InChI=1S/C5H8F2O2S/c1-3(4(8)9)2-10-5(6)7/h3,5H,2H2,1H3,(H,8,9)/t3-/m1/s1. The van der Waals surface area contributed by atoms with E-state index < -0.39 is 17.6 Å². The monoisotopic (exact) mass is 170 g/mol. The average Bonchev–Trinajstić information content (AvgIpc) is 1.82. The fraction of sp³-hybridized carbons (Fsp3) is 0.800. The van der Waals surface area contributed by atoms with Gasteiger partial charge in [0.05, 0.1) is 5.92 Å². The molecule has 60 valence electrons. The molecule has 0 bridgehead atoms. The van der Waals surface area contributed by atoms with E-state index in [9.17, 15) is 13.6 Å². The van der Waals surface area contributed by atoms with E-state index in [4.69, 9.17) is 5.11 Å². The molecule has 10 heavy (non-hydrogen) atoms. The van der Waals surface area contributed by atoms with Crippen LogP contribution in [0.25, 0.3) is 0 Å². The lowest BCUT2D eigenvalue weighted by Crippen LogP contribution is -2.12. The van der Waals surface area contributed by atoms with E-state index in [1.165, 1.54) is 6.92 Å².